The molecule has 6 atom stereocenters. The maximum Gasteiger partial charge on any atom is 0.397 e. The first-order valence-corrected chi connectivity index (χ1v) is 19.9. The summed E-state index contributed by atoms with van der Waals surface area (Å²) in [6.45, 7) is 3.60. The number of hydrogen-bond donors (Lipinski definition) is 4. The summed E-state index contributed by atoms with van der Waals surface area (Å²) in [5.74, 6) is -0.434. The number of carbonyl (C=O) groups is 1. The summed E-state index contributed by atoms with van der Waals surface area (Å²) in [6.07, 6.45) is 25.7. The van der Waals surface area contributed by atoms with Crippen LogP contribution in [0.3, 0.4) is 0 Å². The van der Waals surface area contributed by atoms with Gasteiger partial charge in [-0.3, -0.25) is 9.35 Å². The Labute approximate surface area is 306 Å². The molecule has 0 bridgehead atoms. The van der Waals surface area contributed by atoms with Gasteiger partial charge < -0.3 is 34.3 Å². The number of rotatable bonds is 30. The minimum Gasteiger partial charge on any atom is -0.457 e. The Hall–Kier alpha value is -2.20. The predicted octanol–water partition coefficient (Wildman–Crippen LogP) is 6.23. The molecule has 1 aliphatic rings. The molecule has 0 aliphatic carbocycles. The number of esters is 1. The third-order valence-electron chi connectivity index (χ3n) is 7.85. The van der Waals surface area contributed by atoms with Gasteiger partial charge in [0.25, 0.3) is 0 Å². The minimum absolute atomic E-state index is 0.00862. The van der Waals surface area contributed by atoms with Crippen molar-refractivity contribution in [3.05, 3.63) is 60.8 Å². The highest BCUT2D eigenvalue weighted by molar-refractivity contribution is 7.80. The molecular weight excluding hydrogens is 680 g/mol. The Balaban J connectivity index is 2.58. The van der Waals surface area contributed by atoms with E-state index >= 15 is 0 Å². The lowest BCUT2D eigenvalue weighted by atomic mass is 9.99. The maximum atomic E-state index is 12.7. The van der Waals surface area contributed by atoms with Crippen molar-refractivity contribution in [2.24, 2.45) is 0 Å². The van der Waals surface area contributed by atoms with Crippen molar-refractivity contribution in [1.29, 1.82) is 0 Å². The van der Waals surface area contributed by atoms with Gasteiger partial charge in [0.05, 0.1) is 19.8 Å². The molecule has 12 nitrogen and oxygen atoms in total. The topological polar surface area (TPSA) is 178 Å². The molecule has 13 heteroatoms. The van der Waals surface area contributed by atoms with E-state index in [0.29, 0.717) is 13.0 Å². The average molecular weight is 745 g/mol. The fraction of sp³-hybridized carbons (Fsp3) is 0.711. The Morgan fingerprint density at radius 2 is 1.35 bits per heavy atom. The highest BCUT2D eigenvalue weighted by Gasteiger charge is 2.48. The van der Waals surface area contributed by atoms with Gasteiger partial charge in [-0.25, -0.2) is 4.18 Å². The zero-order valence-electron chi connectivity index (χ0n) is 30.6. The lowest BCUT2D eigenvalue weighted by Crippen LogP contribution is -2.60. The van der Waals surface area contributed by atoms with Crippen LogP contribution < -0.4 is 0 Å². The van der Waals surface area contributed by atoms with Crippen molar-refractivity contribution in [1.82, 2.24) is 0 Å². The second-order valence-electron chi connectivity index (χ2n) is 12.4. The van der Waals surface area contributed by atoms with Crippen LogP contribution in [0, 0.1) is 0 Å². The van der Waals surface area contributed by atoms with Crippen LogP contribution in [0.4, 0.5) is 0 Å². The molecule has 51 heavy (non-hydrogen) atoms. The lowest BCUT2D eigenvalue weighted by molar-refractivity contribution is -0.301. The monoisotopic (exact) mass is 744 g/mol. The number of ether oxygens (including phenoxy) is 4. The lowest BCUT2D eigenvalue weighted by Gasteiger charge is -2.41. The number of carbonyl (C=O) groups excluding carboxylic acids is 1. The Morgan fingerprint density at radius 3 is 2.00 bits per heavy atom. The summed E-state index contributed by atoms with van der Waals surface area (Å²) in [5.41, 5.74) is 0. The zero-order chi connectivity index (χ0) is 37.6. The summed E-state index contributed by atoms with van der Waals surface area (Å²) in [5, 5.41) is 30.5. The van der Waals surface area contributed by atoms with Gasteiger partial charge in [0.15, 0.2) is 6.29 Å². The van der Waals surface area contributed by atoms with Crippen molar-refractivity contribution in [2.45, 2.75) is 147 Å². The van der Waals surface area contributed by atoms with Crippen LogP contribution in [0.25, 0.3) is 0 Å². The SMILES string of the molecule is CC/C=C\C/C=C\C/C=C\C/C=C\CCCOCC(COC1OC(CO)C(O)C(OS(=O)(=O)O)C1O)OC(=O)CCCCCCC/C=C\CCC. The maximum absolute atomic E-state index is 12.7. The van der Waals surface area contributed by atoms with Crippen molar-refractivity contribution in [2.75, 3.05) is 26.4 Å². The van der Waals surface area contributed by atoms with E-state index in [2.05, 4.69) is 78.8 Å². The molecular formula is C38H64O12S. The second-order valence-corrected chi connectivity index (χ2v) is 13.5. The van der Waals surface area contributed by atoms with Crippen molar-refractivity contribution in [3.8, 4) is 0 Å². The molecule has 0 saturated carbocycles. The molecule has 0 aromatic heterocycles. The van der Waals surface area contributed by atoms with E-state index in [1.807, 2.05) is 0 Å². The minimum atomic E-state index is -5.06. The summed E-state index contributed by atoms with van der Waals surface area (Å²) < 4.78 is 58.6. The van der Waals surface area contributed by atoms with E-state index in [1.165, 1.54) is 0 Å². The predicted molar refractivity (Wildman–Crippen MR) is 197 cm³/mol. The first-order chi connectivity index (χ1) is 24.6. The van der Waals surface area contributed by atoms with Crippen LogP contribution in [0.1, 0.15) is 110 Å². The summed E-state index contributed by atoms with van der Waals surface area (Å²) >= 11 is 0. The molecule has 0 spiro atoms. The van der Waals surface area contributed by atoms with Gasteiger partial charge in [-0.05, 0) is 64.2 Å². The number of aliphatic hydroxyl groups is 3. The molecule has 0 aromatic carbocycles. The van der Waals surface area contributed by atoms with Crippen molar-refractivity contribution < 1.29 is 56.2 Å². The molecule has 6 unspecified atom stereocenters. The summed E-state index contributed by atoms with van der Waals surface area (Å²) in [4.78, 5) is 12.7. The van der Waals surface area contributed by atoms with Gasteiger partial charge in [0.2, 0.25) is 0 Å². The first kappa shape index (κ1) is 46.8. The number of hydrogen-bond acceptors (Lipinski definition) is 11. The molecule has 0 amide bonds. The molecule has 0 aromatic rings. The molecule has 4 N–H and O–H groups in total. The second kappa shape index (κ2) is 30.3. The quantitative estimate of drug-likeness (QED) is 0.0283. The normalized spacial score (nSPS) is 22.4. The average Bonchev–Trinajstić information content (AvgIpc) is 3.09. The molecule has 294 valence electrons. The zero-order valence-corrected chi connectivity index (χ0v) is 31.5. The van der Waals surface area contributed by atoms with Crippen molar-refractivity contribution >= 4 is 16.4 Å². The highest BCUT2D eigenvalue weighted by atomic mass is 32.3. The number of aliphatic hydroxyl groups excluding tert-OH is 3. The van der Waals surface area contributed by atoms with Crippen LogP contribution in [0.2, 0.25) is 0 Å². The largest absolute Gasteiger partial charge is 0.457 e. The van der Waals surface area contributed by atoms with Gasteiger partial charge in [0.1, 0.15) is 30.5 Å². The van der Waals surface area contributed by atoms with Gasteiger partial charge in [-0.2, -0.15) is 8.42 Å². The Morgan fingerprint density at radius 1 is 0.765 bits per heavy atom. The van der Waals surface area contributed by atoms with E-state index in [1.54, 1.807) is 0 Å². The van der Waals surface area contributed by atoms with Crippen LogP contribution in [-0.2, 0) is 38.3 Å². The molecule has 1 aliphatic heterocycles. The molecule has 1 rings (SSSR count). The number of unbranched alkanes of at least 4 members (excludes halogenated alkanes) is 7. The van der Waals surface area contributed by atoms with Gasteiger partial charge in [-0.1, -0.05) is 100 Å². The summed E-state index contributed by atoms with van der Waals surface area (Å²) in [7, 11) is -5.06. The van der Waals surface area contributed by atoms with E-state index in [9.17, 15) is 28.5 Å². The van der Waals surface area contributed by atoms with E-state index < -0.39 is 59.8 Å². The molecule has 1 heterocycles. The standard InChI is InChI=1S/C38H64O12S/c1-3-5-7-9-11-13-15-16-17-18-20-22-24-26-28-46-30-32(48-34(40)27-25-23-21-19-14-12-10-8-6-4-2)31-47-38-36(42)37(50-51(43,44)45)35(41)33(29-39)49-38/h5,7-8,10-11,13,16-17,20,22,32-33,35-39,41-42H,3-4,6,9,12,14-15,18-19,21,23-31H2,1-2H3,(H,43,44,45)/b7-5-,10-8-,13-11-,17-16-,22-20-. The van der Waals surface area contributed by atoms with Crippen molar-refractivity contribution in [3.63, 3.8) is 0 Å². The summed E-state index contributed by atoms with van der Waals surface area (Å²) in [6, 6.07) is 0. The molecule has 0 radical (unpaired) electrons. The smallest absolute Gasteiger partial charge is 0.397 e. The van der Waals surface area contributed by atoms with E-state index in [-0.39, 0.29) is 19.6 Å². The van der Waals surface area contributed by atoms with Crippen LogP contribution in [-0.4, -0.2) is 97.5 Å². The van der Waals surface area contributed by atoms with E-state index in [0.717, 1.165) is 83.5 Å². The van der Waals surface area contributed by atoms with Crippen LogP contribution in [0.15, 0.2) is 60.8 Å². The first-order valence-electron chi connectivity index (χ1n) is 18.5. The molecule has 1 saturated heterocycles. The fourth-order valence-corrected chi connectivity index (χ4v) is 5.60. The number of allylic oxidation sites excluding steroid dienone is 10. The van der Waals surface area contributed by atoms with E-state index in [4.69, 9.17) is 23.5 Å². The van der Waals surface area contributed by atoms with Crippen LogP contribution in [0.5, 0.6) is 0 Å². The van der Waals surface area contributed by atoms with Crippen LogP contribution >= 0.6 is 0 Å². The highest BCUT2D eigenvalue weighted by Crippen LogP contribution is 2.26. The van der Waals surface area contributed by atoms with Gasteiger partial charge in [0, 0.05) is 13.0 Å². The third-order valence-corrected chi connectivity index (χ3v) is 8.32. The Kier molecular flexibility index (Phi) is 27.8. The fourth-order valence-electron chi connectivity index (χ4n) is 5.09. The molecule has 1 fully saturated rings. The Bertz CT molecular complexity index is 1130. The third kappa shape index (κ3) is 24.6. The van der Waals surface area contributed by atoms with Gasteiger partial charge >= 0.3 is 16.4 Å². The van der Waals surface area contributed by atoms with Gasteiger partial charge in [-0.15, -0.1) is 0 Å².